The zero-order valence-electron chi connectivity index (χ0n) is 14.0. The molecule has 0 radical (unpaired) electrons. The Morgan fingerprint density at radius 3 is 2.16 bits per heavy atom. The molecule has 4 heteroatoms. The quantitative estimate of drug-likeness (QED) is 0.694. The number of pyridine rings is 1. The van der Waals surface area contributed by atoms with Gasteiger partial charge in [0.05, 0.1) is 5.56 Å². The number of amides is 1. The van der Waals surface area contributed by atoms with Crippen molar-refractivity contribution in [2.45, 2.75) is 13.0 Å². The summed E-state index contributed by atoms with van der Waals surface area (Å²) in [5.41, 5.74) is 2.92. The standard InChI is InChI=1S/C21H21N3O/c25-21(24-15-18-9-5-2-6-10-18)19-11-12-20(23-16-19)22-14-13-17-7-3-1-4-8-17/h1-12,16H,13-15H2,(H,22,23)(H,24,25). The van der Waals surface area contributed by atoms with Crippen molar-refractivity contribution < 1.29 is 4.79 Å². The topological polar surface area (TPSA) is 54.0 Å². The zero-order chi connectivity index (χ0) is 17.3. The molecule has 25 heavy (non-hydrogen) atoms. The first-order valence-electron chi connectivity index (χ1n) is 8.37. The van der Waals surface area contributed by atoms with E-state index >= 15 is 0 Å². The molecule has 0 spiro atoms. The van der Waals surface area contributed by atoms with Crippen molar-refractivity contribution in [2.24, 2.45) is 0 Å². The third-order valence-electron chi connectivity index (χ3n) is 3.88. The summed E-state index contributed by atoms with van der Waals surface area (Å²) in [6.45, 7) is 1.31. The molecule has 1 amide bonds. The van der Waals surface area contributed by atoms with Crippen LogP contribution in [0.3, 0.4) is 0 Å². The number of carbonyl (C=O) groups is 1. The van der Waals surface area contributed by atoms with Crippen LogP contribution < -0.4 is 10.6 Å². The van der Waals surface area contributed by atoms with Gasteiger partial charge in [-0.15, -0.1) is 0 Å². The van der Waals surface area contributed by atoms with Gasteiger partial charge in [0.2, 0.25) is 0 Å². The monoisotopic (exact) mass is 331 g/mol. The van der Waals surface area contributed by atoms with Crippen molar-refractivity contribution in [3.05, 3.63) is 95.7 Å². The fourth-order valence-electron chi connectivity index (χ4n) is 2.49. The van der Waals surface area contributed by atoms with Gasteiger partial charge in [-0.25, -0.2) is 4.98 Å². The SMILES string of the molecule is O=C(NCc1ccccc1)c1ccc(NCCc2ccccc2)nc1. The number of anilines is 1. The molecule has 3 rings (SSSR count). The Bertz CT molecular complexity index is 786. The zero-order valence-corrected chi connectivity index (χ0v) is 14.0. The van der Waals surface area contributed by atoms with E-state index in [4.69, 9.17) is 0 Å². The molecule has 0 saturated heterocycles. The van der Waals surface area contributed by atoms with E-state index in [0.29, 0.717) is 12.1 Å². The summed E-state index contributed by atoms with van der Waals surface area (Å²) >= 11 is 0. The molecule has 1 heterocycles. The van der Waals surface area contributed by atoms with E-state index in [1.54, 1.807) is 12.3 Å². The van der Waals surface area contributed by atoms with Crippen LogP contribution in [0.15, 0.2) is 79.0 Å². The Morgan fingerprint density at radius 2 is 1.52 bits per heavy atom. The fourth-order valence-corrected chi connectivity index (χ4v) is 2.49. The molecular formula is C21H21N3O. The molecule has 2 N–H and O–H groups in total. The third-order valence-corrected chi connectivity index (χ3v) is 3.88. The second kappa shape index (κ2) is 8.64. The van der Waals surface area contributed by atoms with Crippen molar-refractivity contribution >= 4 is 11.7 Å². The minimum atomic E-state index is -0.118. The van der Waals surface area contributed by atoms with Gasteiger partial charge in [-0.3, -0.25) is 4.79 Å². The van der Waals surface area contributed by atoms with Crippen LogP contribution in [-0.2, 0) is 13.0 Å². The summed E-state index contributed by atoms with van der Waals surface area (Å²) < 4.78 is 0. The lowest BCUT2D eigenvalue weighted by molar-refractivity contribution is 0.0950. The van der Waals surface area contributed by atoms with Crippen molar-refractivity contribution in [3.8, 4) is 0 Å². The van der Waals surface area contributed by atoms with Crippen LogP contribution >= 0.6 is 0 Å². The predicted octanol–water partition coefficient (Wildman–Crippen LogP) is 3.67. The summed E-state index contributed by atoms with van der Waals surface area (Å²) in [5, 5.41) is 6.17. The third kappa shape index (κ3) is 5.18. The highest BCUT2D eigenvalue weighted by atomic mass is 16.1. The van der Waals surface area contributed by atoms with E-state index in [-0.39, 0.29) is 5.91 Å². The molecule has 3 aromatic rings. The van der Waals surface area contributed by atoms with Crippen LogP contribution in [0.1, 0.15) is 21.5 Å². The Kier molecular flexibility index (Phi) is 5.77. The van der Waals surface area contributed by atoms with Crippen molar-refractivity contribution in [3.63, 3.8) is 0 Å². The number of nitrogens with one attached hydrogen (secondary N) is 2. The number of hydrogen-bond acceptors (Lipinski definition) is 3. The number of carbonyl (C=O) groups excluding carboxylic acids is 1. The van der Waals surface area contributed by atoms with Gasteiger partial charge < -0.3 is 10.6 Å². The Morgan fingerprint density at radius 1 is 0.840 bits per heavy atom. The molecule has 0 aliphatic rings. The smallest absolute Gasteiger partial charge is 0.253 e. The molecule has 0 atom stereocenters. The second-order valence-electron chi connectivity index (χ2n) is 5.76. The summed E-state index contributed by atoms with van der Waals surface area (Å²) in [4.78, 5) is 16.5. The highest BCUT2D eigenvalue weighted by Crippen LogP contribution is 2.07. The Labute approximate surface area is 147 Å². The summed E-state index contributed by atoms with van der Waals surface area (Å²) in [6.07, 6.45) is 2.53. The van der Waals surface area contributed by atoms with Gasteiger partial charge in [0.25, 0.3) is 5.91 Å². The van der Waals surface area contributed by atoms with Gasteiger partial charge in [0, 0.05) is 19.3 Å². The summed E-state index contributed by atoms with van der Waals surface area (Å²) in [5.74, 6) is 0.655. The number of hydrogen-bond donors (Lipinski definition) is 2. The maximum absolute atomic E-state index is 12.2. The van der Waals surface area contributed by atoms with Gasteiger partial charge >= 0.3 is 0 Å². The lowest BCUT2D eigenvalue weighted by Gasteiger charge is -2.08. The maximum Gasteiger partial charge on any atom is 0.253 e. The minimum Gasteiger partial charge on any atom is -0.370 e. The van der Waals surface area contributed by atoms with E-state index in [9.17, 15) is 4.79 Å². The largest absolute Gasteiger partial charge is 0.370 e. The molecule has 0 bridgehead atoms. The molecule has 126 valence electrons. The predicted molar refractivity (Wildman–Crippen MR) is 100 cm³/mol. The molecule has 1 aromatic heterocycles. The van der Waals surface area contributed by atoms with Crippen LogP contribution in [0.4, 0.5) is 5.82 Å². The molecule has 0 aliphatic carbocycles. The van der Waals surface area contributed by atoms with E-state index in [2.05, 4.69) is 27.8 Å². The number of aromatic nitrogens is 1. The maximum atomic E-state index is 12.2. The average molecular weight is 331 g/mol. The van der Waals surface area contributed by atoms with Gasteiger partial charge in [-0.05, 0) is 29.7 Å². The molecule has 0 unspecified atom stereocenters. The molecule has 0 fully saturated rings. The van der Waals surface area contributed by atoms with Gasteiger partial charge in [0.15, 0.2) is 0 Å². The van der Waals surface area contributed by atoms with E-state index in [1.807, 2.05) is 54.6 Å². The normalized spacial score (nSPS) is 10.2. The molecule has 0 aliphatic heterocycles. The first-order chi connectivity index (χ1) is 12.3. The minimum absolute atomic E-state index is 0.118. The first kappa shape index (κ1) is 16.7. The van der Waals surface area contributed by atoms with Crippen LogP contribution in [0.5, 0.6) is 0 Å². The van der Waals surface area contributed by atoms with Gasteiger partial charge in [0.1, 0.15) is 5.82 Å². The summed E-state index contributed by atoms with van der Waals surface area (Å²) in [6, 6.07) is 23.8. The van der Waals surface area contributed by atoms with Crippen LogP contribution in [0.25, 0.3) is 0 Å². The molecule has 4 nitrogen and oxygen atoms in total. The van der Waals surface area contributed by atoms with E-state index in [1.165, 1.54) is 5.56 Å². The highest BCUT2D eigenvalue weighted by molar-refractivity contribution is 5.93. The number of benzene rings is 2. The first-order valence-corrected chi connectivity index (χ1v) is 8.37. The van der Waals surface area contributed by atoms with Crippen molar-refractivity contribution in [2.75, 3.05) is 11.9 Å². The van der Waals surface area contributed by atoms with Crippen LogP contribution in [0.2, 0.25) is 0 Å². The Hall–Kier alpha value is -3.14. The van der Waals surface area contributed by atoms with Gasteiger partial charge in [-0.1, -0.05) is 60.7 Å². The fraction of sp³-hybridized carbons (Fsp3) is 0.143. The molecular weight excluding hydrogens is 310 g/mol. The van der Waals surface area contributed by atoms with Crippen molar-refractivity contribution in [1.29, 1.82) is 0 Å². The second-order valence-corrected chi connectivity index (χ2v) is 5.76. The summed E-state index contributed by atoms with van der Waals surface area (Å²) in [7, 11) is 0. The molecule has 2 aromatic carbocycles. The van der Waals surface area contributed by atoms with Crippen molar-refractivity contribution in [1.82, 2.24) is 10.3 Å². The Balaban J connectivity index is 1.47. The lowest BCUT2D eigenvalue weighted by Crippen LogP contribution is -2.22. The van der Waals surface area contributed by atoms with E-state index < -0.39 is 0 Å². The highest BCUT2D eigenvalue weighted by Gasteiger charge is 2.06. The van der Waals surface area contributed by atoms with E-state index in [0.717, 1.165) is 24.3 Å². The van der Waals surface area contributed by atoms with Crippen LogP contribution in [0, 0.1) is 0 Å². The average Bonchev–Trinajstić information content (AvgIpc) is 2.68. The lowest BCUT2D eigenvalue weighted by atomic mass is 10.1. The number of nitrogens with zero attached hydrogens (tertiary/aromatic N) is 1. The van der Waals surface area contributed by atoms with Gasteiger partial charge in [-0.2, -0.15) is 0 Å². The number of rotatable bonds is 7. The van der Waals surface area contributed by atoms with Crippen LogP contribution in [-0.4, -0.2) is 17.4 Å². The molecule has 0 saturated carbocycles.